The van der Waals surface area contributed by atoms with Crippen molar-refractivity contribution >= 4 is 27.5 Å². The van der Waals surface area contributed by atoms with Crippen LogP contribution in [-0.2, 0) is 11.3 Å². The first kappa shape index (κ1) is 16.4. The van der Waals surface area contributed by atoms with E-state index in [1.807, 2.05) is 10.7 Å². The minimum absolute atomic E-state index is 0.0563. The Kier molecular flexibility index (Phi) is 6.17. The number of nitrogens with one attached hydrogen (secondary N) is 1. The van der Waals surface area contributed by atoms with Crippen LogP contribution in [0.3, 0.4) is 0 Å². The molecule has 0 fully saturated rings. The van der Waals surface area contributed by atoms with Gasteiger partial charge in [-0.15, -0.1) is 0 Å². The zero-order valence-electron chi connectivity index (χ0n) is 12.0. The van der Waals surface area contributed by atoms with Crippen molar-refractivity contribution in [1.82, 2.24) is 20.1 Å². The summed E-state index contributed by atoms with van der Waals surface area (Å²) in [4.78, 5) is 4.05. The molecule has 1 N–H and O–H groups in total. The molecule has 0 aliphatic heterocycles. The number of pyridine rings is 1. The highest BCUT2D eigenvalue weighted by Crippen LogP contribution is 2.32. The van der Waals surface area contributed by atoms with Crippen LogP contribution >= 0.6 is 27.5 Å². The Bertz CT molecular complexity index is 590. The van der Waals surface area contributed by atoms with E-state index in [4.69, 9.17) is 16.3 Å². The molecule has 0 aliphatic rings. The Labute approximate surface area is 137 Å². The van der Waals surface area contributed by atoms with Gasteiger partial charge in [-0.2, -0.15) is 5.10 Å². The van der Waals surface area contributed by atoms with Crippen molar-refractivity contribution < 1.29 is 4.74 Å². The highest BCUT2D eigenvalue weighted by molar-refractivity contribution is 9.10. The van der Waals surface area contributed by atoms with Gasteiger partial charge in [0.15, 0.2) is 0 Å². The monoisotopic (exact) mass is 372 g/mol. The molecule has 114 valence electrons. The Morgan fingerprint density at radius 3 is 2.95 bits per heavy atom. The number of aromatic nitrogens is 3. The van der Waals surface area contributed by atoms with Gasteiger partial charge in [-0.1, -0.05) is 18.5 Å². The molecule has 0 radical (unpaired) electrons. The minimum atomic E-state index is -0.0563. The molecule has 0 spiro atoms. The maximum Gasteiger partial charge on any atom is 0.0775 e. The van der Waals surface area contributed by atoms with E-state index in [9.17, 15) is 0 Å². The van der Waals surface area contributed by atoms with Crippen molar-refractivity contribution in [3.63, 3.8) is 0 Å². The first-order valence-corrected chi connectivity index (χ1v) is 7.89. The van der Waals surface area contributed by atoms with Gasteiger partial charge in [0.05, 0.1) is 40.6 Å². The predicted octanol–water partition coefficient (Wildman–Crippen LogP) is 3.04. The second kappa shape index (κ2) is 7.89. The summed E-state index contributed by atoms with van der Waals surface area (Å²) in [5.41, 5.74) is 2.01. The SMILES string of the molecule is CCNC(c1ccncc1Cl)c1c(Br)cnn1CCOC. The van der Waals surface area contributed by atoms with E-state index in [1.54, 1.807) is 25.7 Å². The molecule has 2 aromatic rings. The van der Waals surface area contributed by atoms with E-state index in [0.29, 0.717) is 18.2 Å². The van der Waals surface area contributed by atoms with E-state index in [2.05, 4.69) is 38.3 Å². The topological polar surface area (TPSA) is 52.0 Å². The van der Waals surface area contributed by atoms with Crippen molar-refractivity contribution in [2.75, 3.05) is 20.3 Å². The van der Waals surface area contributed by atoms with Crippen LogP contribution in [0.5, 0.6) is 0 Å². The molecule has 2 heterocycles. The van der Waals surface area contributed by atoms with E-state index < -0.39 is 0 Å². The van der Waals surface area contributed by atoms with Crippen molar-refractivity contribution in [2.24, 2.45) is 0 Å². The molecule has 0 bridgehead atoms. The molecule has 0 amide bonds. The molecule has 1 atom stereocenters. The summed E-state index contributed by atoms with van der Waals surface area (Å²) in [6.07, 6.45) is 5.20. The van der Waals surface area contributed by atoms with E-state index >= 15 is 0 Å². The molecule has 21 heavy (non-hydrogen) atoms. The highest BCUT2D eigenvalue weighted by atomic mass is 79.9. The fraction of sp³-hybridized carbons (Fsp3) is 0.429. The van der Waals surface area contributed by atoms with Gasteiger partial charge in [-0.05, 0) is 34.1 Å². The van der Waals surface area contributed by atoms with Gasteiger partial charge in [-0.25, -0.2) is 0 Å². The summed E-state index contributed by atoms with van der Waals surface area (Å²) >= 11 is 9.89. The normalized spacial score (nSPS) is 12.6. The van der Waals surface area contributed by atoms with Crippen LogP contribution < -0.4 is 5.32 Å². The molecule has 0 saturated heterocycles. The Balaban J connectivity index is 2.43. The number of hydrogen-bond acceptors (Lipinski definition) is 4. The van der Waals surface area contributed by atoms with Gasteiger partial charge in [-0.3, -0.25) is 9.67 Å². The number of rotatable bonds is 7. The lowest BCUT2D eigenvalue weighted by atomic mass is 10.0. The lowest BCUT2D eigenvalue weighted by Gasteiger charge is -2.21. The Morgan fingerprint density at radius 1 is 1.48 bits per heavy atom. The zero-order chi connectivity index (χ0) is 15.2. The van der Waals surface area contributed by atoms with E-state index in [1.165, 1.54) is 0 Å². The average Bonchev–Trinajstić information content (AvgIpc) is 2.84. The molecular weight excluding hydrogens is 356 g/mol. The van der Waals surface area contributed by atoms with Gasteiger partial charge in [0.25, 0.3) is 0 Å². The largest absolute Gasteiger partial charge is 0.383 e. The first-order valence-electron chi connectivity index (χ1n) is 6.72. The molecule has 7 heteroatoms. The fourth-order valence-electron chi connectivity index (χ4n) is 2.19. The van der Waals surface area contributed by atoms with Gasteiger partial charge in [0.2, 0.25) is 0 Å². The zero-order valence-corrected chi connectivity index (χ0v) is 14.4. The van der Waals surface area contributed by atoms with Crippen molar-refractivity contribution in [3.8, 4) is 0 Å². The molecule has 0 saturated carbocycles. The van der Waals surface area contributed by atoms with Crippen LogP contribution in [0.2, 0.25) is 5.02 Å². The number of nitrogens with zero attached hydrogens (tertiary/aromatic N) is 3. The van der Waals surface area contributed by atoms with Gasteiger partial charge in [0.1, 0.15) is 0 Å². The average molecular weight is 374 g/mol. The molecule has 1 unspecified atom stereocenters. The van der Waals surface area contributed by atoms with Gasteiger partial charge >= 0.3 is 0 Å². The number of methoxy groups -OCH3 is 1. The van der Waals surface area contributed by atoms with Crippen molar-refractivity contribution in [3.05, 3.63) is 45.4 Å². The van der Waals surface area contributed by atoms with E-state index in [0.717, 1.165) is 22.3 Å². The predicted molar refractivity (Wildman–Crippen MR) is 86.6 cm³/mol. The smallest absolute Gasteiger partial charge is 0.0775 e. The van der Waals surface area contributed by atoms with Crippen molar-refractivity contribution in [2.45, 2.75) is 19.5 Å². The summed E-state index contributed by atoms with van der Waals surface area (Å²) < 4.78 is 8.02. The summed E-state index contributed by atoms with van der Waals surface area (Å²) in [7, 11) is 1.68. The Hall–Kier alpha value is -0.950. The summed E-state index contributed by atoms with van der Waals surface area (Å²) in [6, 6.07) is 1.87. The lowest BCUT2D eigenvalue weighted by molar-refractivity contribution is 0.182. The van der Waals surface area contributed by atoms with Crippen LogP contribution in [0.15, 0.2) is 29.1 Å². The van der Waals surface area contributed by atoms with Crippen LogP contribution in [-0.4, -0.2) is 35.0 Å². The molecule has 5 nitrogen and oxygen atoms in total. The van der Waals surface area contributed by atoms with Crippen LogP contribution in [0.25, 0.3) is 0 Å². The van der Waals surface area contributed by atoms with E-state index in [-0.39, 0.29) is 6.04 Å². The third-order valence-corrected chi connectivity index (χ3v) is 4.06. The molecule has 2 aromatic heterocycles. The van der Waals surface area contributed by atoms with Crippen LogP contribution in [0, 0.1) is 0 Å². The molecular formula is C14H18BrClN4O. The summed E-state index contributed by atoms with van der Waals surface area (Å²) in [5.74, 6) is 0. The fourth-order valence-corrected chi connectivity index (χ4v) is 2.95. The van der Waals surface area contributed by atoms with Gasteiger partial charge < -0.3 is 10.1 Å². The van der Waals surface area contributed by atoms with Crippen LogP contribution in [0.1, 0.15) is 24.2 Å². The molecule has 2 rings (SSSR count). The highest BCUT2D eigenvalue weighted by Gasteiger charge is 2.23. The number of hydrogen-bond donors (Lipinski definition) is 1. The number of halogens is 2. The third-order valence-electron chi connectivity index (χ3n) is 3.14. The lowest BCUT2D eigenvalue weighted by Crippen LogP contribution is -2.26. The minimum Gasteiger partial charge on any atom is -0.383 e. The third kappa shape index (κ3) is 3.83. The Morgan fingerprint density at radius 2 is 2.29 bits per heavy atom. The summed E-state index contributed by atoms with van der Waals surface area (Å²) in [6.45, 7) is 4.16. The van der Waals surface area contributed by atoms with Crippen molar-refractivity contribution in [1.29, 1.82) is 0 Å². The maximum atomic E-state index is 6.31. The van der Waals surface area contributed by atoms with Gasteiger partial charge in [0, 0.05) is 19.5 Å². The second-order valence-corrected chi connectivity index (χ2v) is 5.74. The quantitative estimate of drug-likeness (QED) is 0.810. The van der Waals surface area contributed by atoms with Crippen LogP contribution in [0.4, 0.5) is 0 Å². The first-order chi connectivity index (χ1) is 10.2. The molecule has 0 aliphatic carbocycles. The summed E-state index contributed by atoms with van der Waals surface area (Å²) in [5, 5.41) is 8.49. The maximum absolute atomic E-state index is 6.31. The number of ether oxygens (including phenoxy) is 1. The molecule has 0 aromatic carbocycles. The second-order valence-electron chi connectivity index (χ2n) is 4.48. The standard InChI is InChI=1S/C14H18BrClN4O/c1-3-18-13(10-4-5-17-9-12(10)16)14-11(15)8-19-20(14)6-7-21-2/h4-5,8-9,13,18H,3,6-7H2,1-2H3.